The number of carbonyl (C=O) groups is 1. The van der Waals surface area contributed by atoms with E-state index in [1.165, 1.54) is 30.5 Å². The van der Waals surface area contributed by atoms with E-state index < -0.39 is 10.8 Å². The molecule has 0 saturated heterocycles. The van der Waals surface area contributed by atoms with E-state index in [1.807, 2.05) is 31.2 Å². The van der Waals surface area contributed by atoms with Crippen LogP contribution in [0, 0.1) is 13.7 Å². The zero-order chi connectivity index (χ0) is 25.7. The number of ether oxygens (including phenoxy) is 2. The van der Waals surface area contributed by atoms with Gasteiger partial charge in [-0.25, -0.2) is 5.43 Å². The number of non-ortho nitro benzene ring substituents is 1. The summed E-state index contributed by atoms with van der Waals surface area (Å²) in [6.07, 6.45) is 1.46. The number of hydrazone groups is 1. The Hall–Kier alpha value is -3.45. The molecule has 184 valence electrons. The van der Waals surface area contributed by atoms with Gasteiger partial charge in [0.25, 0.3) is 5.69 Å². The van der Waals surface area contributed by atoms with Crippen molar-refractivity contribution in [3.63, 3.8) is 0 Å². The Bertz CT molecular complexity index is 1450. The second-order valence-electron chi connectivity index (χ2n) is 7.47. The first-order valence-electron chi connectivity index (χ1n) is 10.7. The van der Waals surface area contributed by atoms with Crippen molar-refractivity contribution in [3.8, 4) is 11.5 Å². The number of furan rings is 1. The highest BCUT2D eigenvalue weighted by atomic mass is 127. The number of fused-ring (bicyclic) bond motifs is 1. The van der Waals surface area contributed by atoms with Gasteiger partial charge in [0, 0.05) is 21.1 Å². The lowest BCUT2D eigenvalue weighted by atomic mass is 10.2. The topological polar surface area (TPSA) is 116 Å². The van der Waals surface area contributed by atoms with E-state index in [2.05, 4.69) is 49.0 Å². The number of halogens is 2. The maximum Gasteiger partial charge on any atom is 0.307 e. The summed E-state index contributed by atoms with van der Waals surface area (Å²) in [5.74, 6) is 0.488. The largest absolute Gasteiger partial charge is 0.490 e. The molecular formula is C25H19BrIN3O6. The van der Waals surface area contributed by atoms with E-state index in [0.717, 1.165) is 9.13 Å². The number of nitro benzene ring substituents is 1. The van der Waals surface area contributed by atoms with Crippen LogP contribution in [0.4, 0.5) is 5.69 Å². The molecule has 4 aromatic rings. The molecule has 1 heterocycles. The first-order valence-corrected chi connectivity index (χ1v) is 12.6. The van der Waals surface area contributed by atoms with Crippen LogP contribution < -0.4 is 14.9 Å². The standard InChI is InChI=1S/C25H19BrIN3O6/c1-2-34-22-10-16(9-20(26)24(22)35-14-15-3-5-18(27)6-4-15)13-28-29-25(31)23-12-17-11-19(30(32)33)7-8-21(17)36-23/h3-13H,2,14H2,1H3,(H,29,31)/b28-13-. The van der Waals surface area contributed by atoms with Crippen molar-refractivity contribution >= 4 is 67.3 Å². The van der Waals surface area contributed by atoms with Crippen molar-refractivity contribution in [2.45, 2.75) is 13.5 Å². The van der Waals surface area contributed by atoms with Crippen LogP contribution in [-0.2, 0) is 6.61 Å². The molecule has 0 spiro atoms. The van der Waals surface area contributed by atoms with Gasteiger partial charge in [-0.1, -0.05) is 12.1 Å². The molecular weight excluding hydrogens is 645 g/mol. The lowest BCUT2D eigenvalue weighted by molar-refractivity contribution is -0.384. The Labute approximate surface area is 227 Å². The van der Waals surface area contributed by atoms with Gasteiger partial charge in [0.2, 0.25) is 0 Å². The van der Waals surface area contributed by atoms with Crippen LogP contribution in [0.25, 0.3) is 11.0 Å². The van der Waals surface area contributed by atoms with Crippen LogP contribution in [0.3, 0.4) is 0 Å². The average Bonchev–Trinajstić information content (AvgIpc) is 3.28. The first-order chi connectivity index (χ1) is 17.3. The third kappa shape index (κ3) is 6.21. The molecule has 1 aromatic heterocycles. The Morgan fingerprint density at radius 2 is 1.94 bits per heavy atom. The summed E-state index contributed by atoms with van der Waals surface area (Å²) >= 11 is 5.78. The number of rotatable bonds is 9. The van der Waals surface area contributed by atoms with Crippen LogP contribution in [-0.4, -0.2) is 23.7 Å². The molecule has 0 aliphatic rings. The summed E-state index contributed by atoms with van der Waals surface area (Å²) in [5, 5.41) is 15.4. The van der Waals surface area contributed by atoms with Gasteiger partial charge in [-0.2, -0.15) is 5.10 Å². The lowest BCUT2D eigenvalue weighted by Crippen LogP contribution is -2.16. The number of amides is 1. The van der Waals surface area contributed by atoms with Crippen LogP contribution in [0.1, 0.15) is 28.6 Å². The van der Waals surface area contributed by atoms with Crippen molar-refractivity contribution < 1.29 is 23.6 Å². The van der Waals surface area contributed by atoms with Gasteiger partial charge >= 0.3 is 5.91 Å². The predicted octanol–water partition coefficient (Wildman–Crippen LogP) is 6.45. The zero-order valence-electron chi connectivity index (χ0n) is 18.9. The summed E-state index contributed by atoms with van der Waals surface area (Å²) < 4.78 is 19.1. The molecule has 0 atom stereocenters. The van der Waals surface area contributed by atoms with Crippen molar-refractivity contribution in [2.24, 2.45) is 5.10 Å². The van der Waals surface area contributed by atoms with E-state index in [4.69, 9.17) is 13.9 Å². The van der Waals surface area contributed by atoms with E-state index >= 15 is 0 Å². The molecule has 9 nitrogen and oxygen atoms in total. The molecule has 36 heavy (non-hydrogen) atoms. The normalized spacial score (nSPS) is 11.1. The predicted molar refractivity (Wildman–Crippen MR) is 147 cm³/mol. The zero-order valence-corrected chi connectivity index (χ0v) is 22.6. The maximum absolute atomic E-state index is 12.4. The fraction of sp³-hybridized carbons (Fsp3) is 0.120. The molecule has 3 aromatic carbocycles. The number of nitro groups is 1. The summed E-state index contributed by atoms with van der Waals surface area (Å²) in [7, 11) is 0. The van der Waals surface area contributed by atoms with Gasteiger partial charge in [0.15, 0.2) is 17.3 Å². The highest BCUT2D eigenvalue weighted by Gasteiger charge is 2.15. The lowest BCUT2D eigenvalue weighted by Gasteiger charge is -2.14. The molecule has 0 radical (unpaired) electrons. The number of hydrogen-bond acceptors (Lipinski definition) is 7. The van der Waals surface area contributed by atoms with Gasteiger partial charge in [0.05, 0.1) is 22.2 Å². The molecule has 1 amide bonds. The Balaban J connectivity index is 1.46. The Morgan fingerprint density at radius 1 is 1.17 bits per heavy atom. The fourth-order valence-electron chi connectivity index (χ4n) is 3.28. The Morgan fingerprint density at radius 3 is 2.67 bits per heavy atom. The van der Waals surface area contributed by atoms with E-state index in [-0.39, 0.29) is 11.4 Å². The summed E-state index contributed by atoms with van der Waals surface area (Å²) in [5.41, 5.74) is 4.36. The average molecular weight is 664 g/mol. The second-order valence-corrected chi connectivity index (χ2v) is 9.57. The second kappa shape index (κ2) is 11.5. The van der Waals surface area contributed by atoms with Crippen LogP contribution in [0.5, 0.6) is 11.5 Å². The third-order valence-corrected chi connectivity index (χ3v) is 6.25. The molecule has 0 aliphatic heterocycles. The van der Waals surface area contributed by atoms with E-state index in [9.17, 15) is 14.9 Å². The number of benzene rings is 3. The first kappa shape index (κ1) is 25.6. The number of carbonyl (C=O) groups excluding carboxylic acids is 1. The smallest absolute Gasteiger partial charge is 0.307 e. The third-order valence-electron chi connectivity index (χ3n) is 4.94. The quantitative estimate of drug-likeness (QED) is 0.0952. The van der Waals surface area contributed by atoms with Gasteiger partial charge in [-0.15, -0.1) is 0 Å². The highest BCUT2D eigenvalue weighted by molar-refractivity contribution is 14.1. The molecule has 1 N–H and O–H groups in total. The number of nitrogens with zero attached hydrogens (tertiary/aromatic N) is 2. The van der Waals surface area contributed by atoms with Gasteiger partial charge in [-0.05, 0) is 93.0 Å². The van der Waals surface area contributed by atoms with Crippen molar-refractivity contribution in [2.75, 3.05) is 6.61 Å². The van der Waals surface area contributed by atoms with Crippen molar-refractivity contribution in [1.82, 2.24) is 5.43 Å². The molecule has 4 rings (SSSR count). The minimum absolute atomic E-state index is 0.0156. The molecule has 11 heteroatoms. The monoisotopic (exact) mass is 663 g/mol. The maximum atomic E-state index is 12.4. The molecule has 0 bridgehead atoms. The number of nitrogens with one attached hydrogen (secondary N) is 1. The summed E-state index contributed by atoms with van der Waals surface area (Å²) in [6.45, 7) is 2.69. The molecule has 0 fully saturated rings. The van der Waals surface area contributed by atoms with Crippen LogP contribution in [0.15, 0.2) is 74.7 Å². The van der Waals surface area contributed by atoms with Gasteiger partial charge in [0.1, 0.15) is 12.2 Å². The van der Waals surface area contributed by atoms with E-state index in [0.29, 0.717) is 45.7 Å². The minimum atomic E-state index is -0.591. The Kier molecular flexibility index (Phi) is 8.21. The van der Waals surface area contributed by atoms with Gasteiger partial charge < -0.3 is 13.9 Å². The highest BCUT2D eigenvalue weighted by Crippen LogP contribution is 2.37. The molecule has 0 unspecified atom stereocenters. The van der Waals surface area contributed by atoms with Crippen molar-refractivity contribution in [1.29, 1.82) is 0 Å². The van der Waals surface area contributed by atoms with Crippen LogP contribution in [0.2, 0.25) is 0 Å². The number of hydrogen-bond donors (Lipinski definition) is 1. The summed E-state index contributed by atoms with van der Waals surface area (Å²) in [4.78, 5) is 22.9. The minimum Gasteiger partial charge on any atom is -0.490 e. The SMILES string of the molecule is CCOc1cc(/C=N\NC(=O)c2cc3cc([N+](=O)[O-])ccc3o2)cc(Br)c1OCc1ccc(I)cc1. The fourth-order valence-corrected chi connectivity index (χ4v) is 4.21. The summed E-state index contributed by atoms with van der Waals surface area (Å²) in [6, 6.07) is 17.1. The van der Waals surface area contributed by atoms with Crippen LogP contribution >= 0.6 is 38.5 Å². The van der Waals surface area contributed by atoms with E-state index in [1.54, 1.807) is 12.1 Å². The molecule has 0 saturated carbocycles. The van der Waals surface area contributed by atoms with Gasteiger partial charge in [-0.3, -0.25) is 14.9 Å². The molecule has 0 aliphatic carbocycles. The van der Waals surface area contributed by atoms with Crippen molar-refractivity contribution in [3.05, 3.63) is 95.7 Å².